The van der Waals surface area contributed by atoms with E-state index in [1.165, 1.54) is 6.07 Å². The lowest BCUT2D eigenvalue weighted by Gasteiger charge is -2.14. The molecule has 198 valence electrons. The Bertz CT molecular complexity index is 1600. The Labute approximate surface area is 222 Å². The maximum absolute atomic E-state index is 12.9. The van der Waals surface area contributed by atoms with Crippen LogP contribution in [0, 0.1) is 5.92 Å². The molecular formula is C27H24ClF2N3O4S. The number of rotatable bonds is 10. The number of para-hydroxylation sites is 1. The number of imidazole rings is 1. The van der Waals surface area contributed by atoms with Gasteiger partial charge < -0.3 is 15.5 Å². The molecule has 0 unspecified atom stereocenters. The molecule has 0 aliphatic heterocycles. The van der Waals surface area contributed by atoms with Crippen molar-refractivity contribution in [1.82, 2.24) is 9.97 Å². The van der Waals surface area contributed by atoms with Crippen LogP contribution in [-0.4, -0.2) is 36.7 Å². The predicted molar refractivity (Wildman–Crippen MR) is 140 cm³/mol. The number of nitrogens with two attached hydrogens (primary N) is 1. The lowest BCUT2D eigenvalue weighted by Crippen LogP contribution is -2.17. The Balaban J connectivity index is 1.51. The average molecular weight is 560 g/mol. The summed E-state index contributed by atoms with van der Waals surface area (Å²) in [5.41, 5.74) is 8.08. The van der Waals surface area contributed by atoms with Crippen molar-refractivity contribution in [3.05, 3.63) is 77.1 Å². The van der Waals surface area contributed by atoms with E-state index in [2.05, 4.69) is 14.7 Å². The first-order chi connectivity index (χ1) is 18.1. The zero-order valence-corrected chi connectivity index (χ0v) is 21.6. The minimum atomic E-state index is -3.38. The summed E-state index contributed by atoms with van der Waals surface area (Å²) >= 11 is 6.52. The molecule has 4 aromatic rings. The van der Waals surface area contributed by atoms with Gasteiger partial charge in [0.1, 0.15) is 11.6 Å². The van der Waals surface area contributed by atoms with Crippen molar-refractivity contribution in [2.24, 2.45) is 11.7 Å². The smallest absolute Gasteiger partial charge is 0.387 e. The summed E-state index contributed by atoms with van der Waals surface area (Å²) in [5, 5.41) is 0.287. The highest BCUT2D eigenvalue weighted by atomic mass is 35.5. The Morgan fingerprint density at radius 1 is 1.11 bits per heavy atom. The molecule has 11 heteroatoms. The second-order valence-electron chi connectivity index (χ2n) is 9.36. The number of aromatic amines is 1. The van der Waals surface area contributed by atoms with E-state index < -0.39 is 28.3 Å². The Morgan fingerprint density at radius 2 is 1.82 bits per heavy atom. The molecule has 1 aliphatic carbocycles. The molecule has 0 spiro atoms. The first kappa shape index (κ1) is 26.1. The fourth-order valence-corrected chi connectivity index (χ4v) is 6.44. The van der Waals surface area contributed by atoms with Gasteiger partial charge in [-0.1, -0.05) is 41.9 Å². The fourth-order valence-electron chi connectivity index (χ4n) is 4.48. The van der Waals surface area contributed by atoms with Gasteiger partial charge in [0.15, 0.2) is 9.84 Å². The number of alkyl halides is 2. The molecule has 38 heavy (non-hydrogen) atoms. The molecule has 1 atom stereocenters. The van der Waals surface area contributed by atoms with Crippen LogP contribution < -0.4 is 10.5 Å². The van der Waals surface area contributed by atoms with E-state index >= 15 is 0 Å². The summed E-state index contributed by atoms with van der Waals surface area (Å²) in [6.07, 6.45) is 1.79. The lowest BCUT2D eigenvalue weighted by molar-refractivity contribution is -0.118. The summed E-state index contributed by atoms with van der Waals surface area (Å²) in [4.78, 5) is 20.0. The average Bonchev–Trinajstić information content (AvgIpc) is 3.57. The Morgan fingerprint density at radius 3 is 2.47 bits per heavy atom. The van der Waals surface area contributed by atoms with Gasteiger partial charge in [0.2, 0.25) is 5.91 Å². The number of fused-ring (bicyclic) bond motifs is 1. The molecule has 1 aliphatic rings. The fraction of sp³-hybridized carbons (Fsp3) is 0.259. The summed E-state index contributed by atoms with van der Waals surface area (Å²) in [7, 11) is -3.38. The number of sulfone groups is 1. The van der Waals surface area contributed by atoms with E-state index in [0.29, 0.717) is 33.5 Å². The third kappa shape index (κ3) is 5.66. The lowest BCUT2D eigenvalue weighted by atomic mass is 9.95. The van der Waals surface area contributed by atoms with Crippen molar-refractivity contribution < 1.29 is 26.7 Å². The van der Waals surface area contributed by atoms with E-state index in [4.69, 9.17) is 17.3 Å². The van der Waals surface area contributed by atoms with Crippen molar-refractivity contribution in [3.63, 3.8) is 0 Å². The van der Waals surface area contributed by atoms with Crippen LogP contribution in [0.4, 0.5) is 8.78 Å². The molecule has 5 rings (SSSR count). The molecule has 1 fully saturated rings. The van der Waals surface area contributed by atoms with Gasteiger partial charge in [-0.3, -0.25) is 4.79 Å². The van der Waals surface area contributed by atoms with Crippen molar-refractivity contribution >= 4 is 38.4 Å². The summed E-state index contributed by atoms with van der Waals surface area (Å²) in [5.74, 6) is -0.367. The zero-order chi connectivity index (χ0) is 27.0. The van der Waals surface area contributed by atoms with E-state index in [1.54, 1.807) is 54.6 Å². The number of benzene rings is 3. The van der Waals surface area contributed by atoms with Crippen molar-refractivity contribution in [1.29, 1.82) is 0 Å². The second kappa shape index (κ2) is 10.3. The van der Waals surface area contributed by atoms with E-state index in [0.717, 1.165) is 12.8 Å². The number of halogens is 3. The number of carbonyl (C=O) groups excluding carboxylic acids is 1. The van der Waals surface area contributed by atoms with Gasteiger partial charge in [-0.05, 0) is 54.7 Å². The molecule has 1 amide bonds. The third-order valence-corrected chi connectivity index (χ3v) is 8.72. The summed E-state index contributed by atoms with van der Waals surface area (Å²) in [6, 6.07) is 16.0. The third-order valence-electron chi connectivity index (χ3n) is 6.51. The van der Waals surface area contributed by atoms with Crippen LogP contribution in [0.25, 0.3) is 22.2 Å². The van der Waals surface area contributed by atoms with Crippen LogP contribution in [0.2, 0.25) is 5.02 Å². The number of H-pyrrole nitrogens is 1. The van der Waals surface area contributed by atoms with Crippen molar-refractivity contribution in [3.8, 4) is 16.9 Å². The van der Waals surface area contributed by atoms with Crippen LogP contribution in [-0.2, 0) is 14.6 Å². The van der Waals surface area contributed by atoms with Gasteiger partial charge in [-0.25, -0.2) is 13.4 Å². The molecular weight excluding hydrogens is 536 g/mol. The van der Waals surface area contributed by atoms with Crippen LogP contribution >= 0.6 is 11.6 Å². The minimum absolute atomic E-state index is 0.0251. The highest BCUT2D eigenvalue weighted by Crippen LogP contribution is 2.39. The number of nitrogens with one attached hydrogen (secondary N) is 1. The number of primary amides is 1. The molecule has 3 aromatic carbocycles. The van der Waals surface area contributed by atoms with E-state index in [1.807, 2.05) is 0 Å². The van der Waals surface area contributed by atoms with Gasteiger partial charge in [-0.2, -0.15) is 8.78 Å². The number of hydrogen-bond acceptors (Lipinski definition) is 5. The largest absolute Gasteiger partial charge is 0.434 e. The maximum Gasteiger partial charge on any atom is 0.387 e. The minimum Gasteiger partial charge on any atom is -0.434 e. The monoisotopic (exact) mass is 559 g/mol. The molecule has 3 N–H and O–H groups in total. The molecule has 7 nitrogen and oxygen atoms in total. The molecule has 0 saturated heterocycles. The maximum atomic E-state index is 12.9. The molecule has 1 heterocycles. The van der Waals surface area contributed by atoms with Gasteiger partial charge in [0.05, 0.1) is 32.6 Å². The Hall–Kier alpha value is -3.50. The predicted octanol–water partition coefficient (Wildman–Crippen LogP) is 5.68. The highest BCUT2D eigenvalue weighted by molar-refractivity contribution is 7.91. The second-order valence-corrected chi connectivity index (χ2v) is 11.8. The van der Waals surface area contributed by atoms with Crippen molar-refractivity contribution in [2.45, 2.75) is 36.7 Å². The number of amides is 1. The van der Waals surface area contributed by atoms with Gasteiger partial charge in [0, 0.05) is 17.5 Å². The van der Waals surface area contributed by atoms with Gasteiger partial charge in [-0.15, -0.1) is 0 Å². The van der Waals surface area contributed by atoms with Crippen LogP contribution in [0.3, 0.4) is 0 Å². The van der Waals surface area contributed by atoms with Crippen LogP contribution in [0.1, 0.15) is 36.6 Å². The van der Waals surface area contributed by atoms with E-state index in [9.17, 15) is 22.0 Å². The molecule has 1 aromatic heterocycles. The van der Waals surface area contributed by atoms with E-state index in [-0.39, 0.29) is 33.8 Å². The zero-order valence-electron chi connectivity index (χ0n) is 20.0. The van der Waals surface area contributed by atoms with Gasteiger partial charge >= 0.3 is 6.61 Å². The SMILES string of the molecule is NC(=O)C[C@@H](c1ccc(S(=O)(=O)CC2CC2)cc1)c1nc2cc(-c3ccccc3OC(F)F)c(Cl)cc2[nH]1. The summed E-state index contributed by atoms with van der Waals surface area (Å²) < 4.78 is 55.8. The number of hydrogen-bond donors (Lipinski definition) is 2. The Kier molecular flexibility index (Phi) is 7.11. The number of ether oxygens (including phenoxy) is 1. The van der Waals surface area contributed by atoms with Crippen LogP contribution in [0.5, 0.6) is 5.75 Å². The first-order valence-corrected chi connectivity index (χ1v) is 14.0. The topological polar surface area (TPSA) is 115 Å². The summed E-state index contributed by atoms with van der Waals surface area (Å²) in [6.45, 7) is -3.00. The number of aromatic nitrogens is 2. The first-order valence-electron chi connectivity index (χ1n) is 11.9. The molecule has 0 bridgehead atoms. The standard InChI is InChI=1S/C27H24ClF2N3O4S/c28-21-13-23-22(11-20(21)18-3-1-2-4-24(18)37-27(29)30)32-26(33-23)19(12-25(31)34)16-7-9-17(10-8-16)38(35,36)14-15-5-6-15/h1-4,7-11,13,15,19,27H,5-6,12,14H2,(H2,31,34)(H,32,33)/t19-/m0/s1. The van der Waals surface area contributed by atoms with Crippen LogP contribution in [0.15, 0.2) is 65.6 Å². The van der Waals surface area contributed by atoms with Crippen molar-refractivity contribution in [2.75, 3.05) is 5.75 Å². The molecule has 0 radical (unpaired) electrons. The number of nitrogens with zero attached hydrogens (tertiary/aromatic N) is 1. The normalized spacial score (nSPS) is 14.6. The number of carbonyl (C=O) groups is 1. The highest BCUT2D eigenvalue weighted by Gasteiger charge is 2.29. The molecule has 1 saturated carbocycles. The quantitative estimate of drug-likeness (QED) is 0.259. The van der Waals surface area contributed by atoms with Gasteiger partial charge in [0.25, 0.3) is 0 Å².